The van der Waals surface area contributed by atoms with Gasteiger partial charge in [0.05, 0.1) is 0 Å². The highest BCUT2D eigenvalue weighted by molar-refractivity contribution is 6.30. The molecule has 0 aliphatic heterocycles. The van der Waals surface area contributed by atoms with Crippen LogP contribution in [-0.4, -0.2) is 12.6 Å². The molecule has 2 bridgehead atoms. The van der Waals surface area contributed by atoms with E-state index in [4.69, 9.17) is 11.6 Å². The molecule has 0 amide bonds. The first-order valence-corrected chi connectivity index (χ1v) is 8.63. The third-order valence-corrected chi connectivity index (χ3v) is 6.35. The first-order chi connectivity index (χ1) is 9.78. The molecule has 3 aliphatic rings. The number of fused-ring (bicyclic) bond motifs is 5. The Morgan fingerprint density at radius 2 is 1.80 bits per heavy atom. The zero-order valence-electron chi connectivity index (χ0n) is 12.2. The molecule has 3 aliphatic carbocycles. The van der Waals surface area contributed by atoms with E-state index in [1.54, 1.807) is 6.42 Å². The lowest BCUT2D eigenvalue weighted by molar-refractivity contribution is 0.366. The minimum Gasteiger partial charge on any atom is -0.314 e. The van der Waals surface area contributed by atoms with Crippen LogP contribution in [0.25, 0.3) is 0 Å². The second-order valence-electron chi connectivity index (χ2n) is 7.06. The van der Waals surface area contributed by atoms with Crippen molar-refractivity contribution in [3.05, 3.63) is 34.9 Å². The molecule has 1 nitrogen and oxygen atoms in total. The number of rotatable bonds is 5. The standard InChI is InChI=1S/C18H24ClN/c1-2-20-15(9-11-3-7-14(19)8-4-11)18-16-12-5-6-13(10-12)17(16)18/h3-4,7-8,12-13,15-18,20H,2,5-6,9-10H2,1H3. The van der Waals surface area contributed by atoms with Crippen molar-refractivity contribution in [3.8, 4) is 0 Å². The molecule has 0 spiro atoms. The van der Waals surface area contributed by atoms with Crippen molar-refractivity contribution >= 4 is 11.6 Å². The molecule has 0 heterocycles. The summed E-state index contributed by atoms with van der Waals surface area (Å²) < 4.78 is 0. The van der Waals surface area contributed by atoms with Crippen LogP contribution >= 0.6 is 11.6 Å². The smallest absolute Gasteiger partial charge is 0.0406 e. The van der Waals surface area contributed by atoms with E-state index >= 15 is 0 Å². The summed E-state index contributed by atoms with van der Waals surface area (Å²) in [6.07, 6.45) is 5.75. The molecule has 1 N–H and O–H groups in total. The lowest BCUT2D eigenvalue weighted by atomic mass is 9.93. The van der Waals surface area contributed by atoms with E-state index in [0.717, 1.165) is 41.2 Å². The van der Waals surface area contributed by atoms with Gasteiger partial charge in [-0.25, -0.2) is 0 Å². The summed E-state index contributed by atoms with van der Waals surface area (Å²) >= 11 is 5.99. The van der Waals surface area contributed by atoms with Crippen LogP contribution in [0.3, 0.4) is 0 Å². The normalized spacial score (nSPS) is 38.8. The summed E-state index contributed by atoms with van der Waals surface area (Å²) in [6, 6.07) is 9.12. The third-order valence-electron chi connectivity index (χ3n) is 6.09. The van der Waals surface area contributed by atoms with Gasteiger partial charge in [0.15, 0.2) is 0 Å². The molecule has 1 aromatic carbocycles. The van der Waals surface area contributed by atoms with Crippen LogP contribution in [-0.2, 0) is 6.42 Å². The Kier molecular flexibility index (Phi) is 3.31. The van der Waals surface area contributed by atoms with Crippen molar-refractivity contribution in [2.45, 2.75) is 38.6 Å². The first-order valence-electron chi connectivity index (χ1n) is 8.25. The SMILES string of the molecule is CCNC(Cc1ccc(Cl)cc1)C1C2C3CCC(C3)C21. The molecule has 4 rings (SSSR count). The fourth-order valence-corrected chi connectivity index (χ4v) is 5.54. The fourth-order valence-electron chi connectivity index (χ4n) is 5.41. The van der Waals surface area contributed by atoms with Crippen LogP contribution < -0.4 is 5.32 Å². The highest BCUT2D eigenvalue weighted by Gasteiger charge is 2.66. The van der Waals surface area contributed by atoms with E-state index in [9.17, 15) is 0 Å². The highest BCUT2D eigenvalue weighted by atomic mass is 35.5. The molecule has 0 aromatic heterocycles. The molecule has 0 radical (unpaired) electrons. The maximum absolute atomic E-state index is 5.99. The van der Waals surface area contributed by atoms with Gasteiger partial charge >= 0.3 is 0 Å². The Labute approximate surface area is 127 Å². The van der Waals surface area contributed by atoms with Crippen molar-refractivity contribution < 1.29 is 0 Å². The maximum atomic E-state index is 5.99. The zero-order chi connectivity index (χ0) is 13.7. The number of hydrogen-bond acceptors (Lipinski definition) is 1. The molecule has 5 atom stereocenters. The van der Waals surface area contributed by atoms with Crippen molar-refractivity contribution in [3.63, 3.8) is 0 Å². The van der Waals surface area contributed by atoms with Gasteiger partial charge in [0.25, 0.3) is 0 Å². The third kappa shape index (κ3) is 2.10. The number of halogens is 1. The van der Waals surface area contributed by atoms with Gasteiger partial charge in [0, 0.05) is 11.1 Å². The predicted octanol–water partition coefficient (Wildman–Crippen LogP) is 4.15. The van der Waals surface area contributed by atoms with Gasteiger partial charge in [-0.1, -0.05) is 30.7 Å². The monoisotopic (exact) mass is 289 g/mol. The lowest BCUT2D eigenvalue weighted by Crippen LogP contribution is -2.35. The summed E-state index contributed by atoms with van der Waals surface area (Å²) in [7, 11) is 0. The van der Waals surface area contributed by atoms with Crippen molar-refractivity contribution in [2.24, 2.45) is 29.6 Å². The Balaban J connectivity index is 1.47. The largest absolute Gasteiger partial charge is 0.314 e. The molecule has 20 heavy (non-hydrogen) atoms. The number of benzene rings is 1. The molecule has 5 unspecified atom stereocenters. The fraction of sp³-hybridized carbons (Fsp3) is 0.667. The molecular weight excluding hydrogens is 266 g/mol. The Bertz CT molecular complexity index is 467. The highest BCUT2D eigenvalue weighted by Crippen LogP contribution is 2.70. The molecule has 1 aromatic rings. The molecule has 3 saturated carbocycles. The average Bonchev–Trinajstić information content (AvgIpc) is 2.88. The summed E-state index contributed by atoms with van der Waals surface area (Å²) in [4.78, 5) is 0. The van der Waals surface area contributed by atoms with E-state index in [2.05, 4.69) is 24.4 Å². The van der Waals surface area contributed by atoms with Crippen LogP contribution in [0.5, 0.6) is 0 Å². The molecular formula is C18H24ClN. The Morgan fingerprint density at radius 1 is 1.15 bits per heavy atom. The molecule has 2 heteroatoms. The molecule has 0 saturated heterocycles. The summed E-state index contributed by atoms with van der Waals surface area (Å²) in [6.45, 7) is 3.32. The van der Waals surface area contributed by atoms with Crippen molar-refractivity contribution in [1.29, 1.82) is 0 Å². The van der Waals surface area contributed by atoms with Gasteiger partial charge in [-0.2, -0.15) is 0 Å². The van der Waals surface area contributed by atoms with Gasteiger partial charge in [-0.3, -0.25) is 0 Å². The summed E-state index contributed by atoms with van der Waals surface area (Å²) in [5.41, 5.74) is 1.43. The average molecular weight is 290 g/mol. The summed E-state index contributed by atoms with van der Waals surface area (Å²) in [5, 5.41) is 4.61. The molecule has 108 valence electrons. The Morgan fingerprint density at radius 3 is 2.40 bits per heavy atom. The second kappa shape index (κ2) is 5.03. The van der Waals surface area contributed by atoms with Crippen molar-refractivity contribution in [2.75, 3.05) is 6.54 Å². The van der Waals surface area contributed by atoms with Gasteiger partial charge in [-0.15, -0.1) is 0 Å². The molecule has 3 fully saturated rings. The number of likely N-dealkylation sites (N-methyl/N-ethyl adjacent to an activating group) is 1. The number of nitrogens with one attached hydrogen (secondary N) is 1. The second-order valence-corrected chi connectivity index (χ2v) is 7.50. The van der Waals surface area contributed by atoms with Crippen LogP contribution in [0.2, 0.25) is 5.02 Å². The van der Waals surface area contributed by atoms with Crippen LogP contribution in [0.15, 0.2) is 24.3 Å². The topological polar surface area (TPSA) is 12.0 Å². The lowest BCUT2D eigenvalue weighted by Gasteiger charge is -2.21. The van der Waals surface area contributed by atoms with Gasteiger partial charge in [-0.05, 0) is 79.5 Å². The minimum atomic E-state index is 0.680. The van der Waals surface area contributed by atoms with Gasteiger partial charge in [0.1, 0.15) is 0 Å². The van der Waals surface area contributed by atoms with Gasteiger partial charge in [0.2, 0.25) is 0 Å². The van der Waals surface area contributed by atoms with E-state index < -0.39 is 0 Å². The van der Waals surface area contributed by atoms with E-state index in [1.807, 2.05) is 12.1 Å². The van der Waals surface area contributed by atoms with E-state index in [0.29, 0.717) is 6.04 Å². The van der Waals surface area contributed by atoms with E-state index in [-0.39, 0.29) is 0 Å². The quantitative estimate of drug-likeness (QED) is 0.858. The van der Waals surface area contributed by atoms with Gasteiger partial charge < -0.3 is 5.32 Å². The predicted molar refractivity (Wildman–Crippen MR) is 83.9 cm³/mol. The van der Waals surface area contributed by atoms with Crippen LogP contribution in [0.1, 0.15) is 31.7 Å². The Hall–Kier alpha value is -0.530. The summed E-state index contributed by atoms with van der Waals surface area (Å²) in [5.74, 6) is 5.22. The zero-order valence-corrected chi connectivity index (χ0v) is 12.9. The van der Waals surface area contributed by atoms with Crippen LogP contribution in [0.4, 0.5) is 0 Å². The minimum absolute atomic E-state index is 0.680. The number of hydrogen-bond donors (Lipinski definition) is 1. The maximum Gasteiger partial charge on any atom is 0.0406 e. The van der Waals surface area contributed by atoms with E-state index in [1.165, 1.54) is 24.8 Å². The van der Waals surface area contributed by atoms with Crippen molar-refractivity contribution in [1.82, 2.24) is 5.32 Å². The first kappa shape index (κ1) is 13.2. The van der Waals surface area contributed by atoms with Crippen LogP contribution in [0, 0.1) is 29.6 Å².